The van der Waals surface area contributed by atoms with Crippen molar-refractivity contribution in [2.45, 2.75) is 0 Å². The van der Waals surface area contributed by atoms with E-state index in [-0.39, 0.29) is 11.8 Å². The molecular formula is C32H28N2O5. The fraction of sp³-hybridized carbons (Fsp3) is 0.0625. The van der Waals surface area contributed by atoms with Gasteiger partial charge in [-0.05, 0) is 72.8 Å². The average Bonchev–Trinajstić information content (AvgIpc) is 2.97. The van der Waals surface area contributed by atoms with Crippen LogP contribution in [0.1, 0.15) is 11.1 Å². The monoisotopic (exact) mass is 520 g/mol. The molecule has 4 aromatic rings. The lowest BCUT2D eigenvalue weighted by atomic mass is 10.2. The van der Waals surface area contributed by atoms with Crippen molar-refractivity contribution in [3.05, 3.63) is 120 Å². The summed E-state index contributed by atoms with van der Waals surface area (Å²) in [6, 6.07) is 29.0. The third-order valence-corrected chi connectivity index (χ3v) is 5.59. The molecule has 0 unspecified atom stereocenters. The first kappa shape index (κ1) is 26.8. The van der Waals surface area contributed by atoms with E-state index in [9.17, 15) is 9.59 Å². The van der Waals surface area contributed by atoms with E-state index < -0.39 is 0 Å². The smallest absolute Gasteiger partial charge is 0.248 e. The lowest BCUT2D eigenvalue weighted by molar-refractivity contribution is -0.112. The predicted octanol–water partition coefficient (Wildman–Crippen LogP) is 6.80. The van der Waals surface area contributed by atoms with Gasteiger partial charge in [0.05, 0.1) is 14.2 Å². The van der Waals surface area contributed by atoms with E-state index in [4.69, 9.17) is 14.2 Å². The quantitative estimate of drug-likeness (QED) is 0.225. The summed E-state index contributed by atoms with van der Waals surface area (Å²) in [5.74, 6) is 2.08. The first-order valence-electron chi connectivity index (χ1n) is 12.2. The molecule has 2 N–H and O–H groups in total. The van der Waals surface area contributed by atoms with Crippen LogP contribution < -0.4 is 24.8 Å². The van der Waals surface area contributed by atoms with Crippen molar-refractivity contribution in [1.82, 2.24) is 0 Å². The van der Waals surface area contributed by atoms with Crippen LogP contribution in [0, 0.1) is 0 Å². The third kappa shape index (κ3) is 7.84. The number of ether oxygens (including phenoxy) is 3. The average molecular weight is 521 g/mol. The minimum atomic E-state index is -0.259. The van der Waals surface area contributed by atoms with Gasteiger partial charge in [-0.1, -0.05) is 36.4 Å². The van der Waals surface area contributed by atoms with E-state index in [0.717, 1.165) is 11.1 Å². The number of anilines is 2. The molecule has 0 bridgehead atoms. The van der Waals surface area contributed by atoms with Gasteiger partial charge in [0.25, 0.3) is 0 Å². The van der Waals surface area contributed by atoms with E-state index in [1.54, 1.807) is 74.9 Å². The Morgan fingerprint density at radius 2 is 0.949 bits per heavy atom. The van der Waals surface area contributed by atoms with Gasteiger partial charge in [-0.2, -0.15) is 0 Å². The SMILES string of the molecule is COc1ccccc1C=CC(=O)Nc1ccc(Oc2ccc(NC(=O)C=Cc3ccccc3OC)cc2)cc1. The van der Waals surface area contributed by atoms with E-state index >= 15 is 0 Å². The van der Waals surface area contributed by atoms with E-state index in [1.165, 1.54) is 12.2 Å². The predicted molar refractivity (Wildman–Crippen MR) is 154 cm³/mol. The highest BCUT2D eigenvalue weighted by Gasteiger charge is 2.04. The fourth-order valence-corrected chi connectivity index (χ4v) is 3.66. The van der Waals surface area contributed by atoms with Crippen LogP contribution in [-0.4, -0.2) is 26.0 Å². The van der Waals surface area contributed by atoms with Gasteiger partial charge in [0.2, 0.25) is 11.8 Å². The van der Waals surface area contributed by atoms with Crippen LogP contribution in [0.4, 0.5) is 11.4 Å². The molecule has 4 rings (SSSR count). The zero-order valence-corrected chi connectivity index (χ0v) is 21.6. The van der Waals surface area contributed by atoms with Gasteiger partial charge in [0.1, 0.15) is 23.0 Å². The van der Waals surface area contributed by atoms with Crippen LogP contribution in [-0.2, 0) is 9.59 Å². The molecule has 0 saturated heterocycles. The van der Waals surface area contributed by atoms with Crippen LogP contribution >= 0.6 is 0 Å². The van der Waals surface area contributed by atoms with Crippen LogP contribution in [0.15, 0.2) is 109 Å². The van der Waals surface area contributed by atoms with E-state index in [0.29, 0.717) is 34.4 Å². The van der Waals surface area contributed by atoms with Crippen molar-refractivity contribution in [3.8, 4) is 23.0 Å². The third-order valence-electron chi connectivity index (χ3n) is 5.59. The van der Waals surface area contributed by atoms with Crippen molar-refractivity contribution in [2.24, 2.45) is 0 Å². The maximum atomic E-state index is 12.3. The molecule has 7 heteroatoms. The maximum Gasteiger partial charge on any atom is 0.248 e. The van der Waals surface area contributed by atoms with Gasteiger partial charge >= 0.3 is 0 Å². The molecule has 0 saturated carbocycles. The number of methoxy groups -OCH3 is 2. The molecule has 0 aliphatic carbocycles. The zero-order chi connectivity index (χ0) is 27.5. The molecule has 0 aliphatic heterocycles. The molecule has 2 amide bonds. The normalized spacial score (nSPS) is 10.8. The van der Waals surface area contributed by atoms with Crippen molar-refractivity contribution in [2.75, 3.05) is 24.9 Å². The molecule has 0 aromatic heterocycles. The summed E-state index contributed by atoms with van der Waals surface area (Å²) in [5.41, 5.74) is 2.90. The number of carbonyl (C=O) groups is 2. The largest absolute Gasteiger partial charge is 0.496 e. The summed E-state index contributed by atoms with van der Waals surface area (Å²) in [6.45, 7) is 0. The molecule has 0 atom stereocenters. The fourth-order valence-electron chi connectivity index (χ4n) is 3.66. The Balaban J connectivity index is 1.28. The molecule has 196 valence electrons. The molecule has 4 aromatic carbocycles. The molecule has 7 nitrogen and oxygen atoms in total. The Morgan fingerprint density at radius 3 is 1.33 bits per heavy atom. The number of nitrogens with one attached hydrogen (secondary N) is 2. The Kier molecular flexibility index (Phi) is 9.13. The highest BCUT2D eigenvalue weighted by Crippen LogP contribution is 2.25. The first-order chi connectivity index (χ1) is 19.0. The second-order valence-electron chi connectivity index (χ2n) is 8.28. The zero-order valence-electron chi connectivity index (χ0n) is 21.6. The molecule has 0 aliphatic rings. The van der Waals surface area contributed by atoms with Gasteiger partial charge in [0.15, 0.2) is 0 Å². The number of hydrogen-bond acceptors (Lipinski definition) is 5. The molecule has 39 heavy (non-hydrogen) atoms. The van der Waals surface area contributed by atoms with Crippen molar-refractivity contribution >= 4 is 35.3 Å². The second-order valence-corrected chi connectivity index (χ2v) is 8.28. The standard InChI is InChI=1S/C32H28N2O5/c1-37-29-9-5-3-7-23(29)11-21-31(35)33-25-13-17-27(18-14-25)39-28-19-15-26(16-20-28)34-32(36)22-12-24-8-4-6-10-30(24)38-2/h3-22H,1-2H3,(H,33,35)(H,34,36). The minimum Gasteiger partial charge on any atom is -0.496 e. The Labute approximate surface area is 227 Å². The van der Waals surface area contributed by atoms with E-state index in [2.05, 4.69) is 10.6 Å². The second kappa shape index (κ2) is 13.3. The van der Waals surface area contributed by atoms with Crippen LogP contribution in [0.3, 0.4) is 0 Å². The van der Waals surface area contributed by atoms with Crippen molar-refractivity contribution in [3.63, 3.8) is 0 Å². The Bertz CT molecular complexity index is 1360. The Morgan fingerprint density at radius 1 is 0.564 bits per heavy atom. The van der Waals surface area contributed by atoms with Gasteiger partial charge < -0.3 is 24.8 Å². The number of hydrogen-bond donors (Lipinski definition) is 2. The lowest BCUT2D eigenvalue weighted by Gasteiger charge is -2.09. The summed E-state index contributed by atoms with van der Waals surface area (Å²) in [4.78, 5) is 24.6. The van der Waals surface area contributed by atoms with Crippen molar-refractivity contribution < 1.29 is 23.8 Å². The van der Waals surface area contributed by atoms with Gasteiger partial charge in [-0.25, -0.2) is 0 Å². The summed E-state index contributed by atoms with van der Waals surface area (Å²) < 4.78 is 16.5. The highest BCUT2D eigenvalue weighted by molar-refractivity contribution is 6.02. The van der Waals surface area contributed by atoms with Crippen molar-refractivity contribution in [1.29, 1.82) is 0 Å². The minimum absolute atomic E-state index is 0.259. The van der Waals surface area contributed by atoms with Crippen LogP contribution in [0.2, 0.25) is 0 Å². The molecule has 0 fully saturated rings. The number of carbonyl (C=O) groups excluding carboxylic acids is 2. The topological polar surface area (TPSA) is 85.9 Å². The van der Waals surface area contributed by atoms with Gasteiger partial charge in [-0.15, -0.1) is 0 Å². The molecular weight excluding hydrogens is 492 g/mol. The van der Waals surface area contributed by atoms with Gasteiger partial charge in [-0.3, -0.25) is 9.59 Å². The summed E-state index contributed by atoms with van der Waals surface area (Å²) in [5, 5.41) is 5.64. The number of rotatable bonds is 10. The lowest BCUT2D eigenvalue weighted by Crippen LogP contribution is -2.07. The number of amides is 2. The molecule has 0 heterocycles. The first-order valence-corrected chi connectivity index (χ1v) is 12.2. The maximum absolute atomic E-state index is 12.3. The summed E-state index contributed by atoms with van der Waals surface area (Å²) in [7, 11) is 3.18. The van der Waals surface area contributed by atoms with Gasteiger partial charge in [0, 0.05) is 34.7 Å². The molecule has 0 spiro atoms. The van der Waals surface area contributed by atoms with Crippen LogP contribution in [0.25, 0.3) is 12.2 Å². The number of benzene rings is 4. The summed E-state index contributed by atoms with van der Waals surface area (Å²) >= 11 is 0. The highest BCUT2D eigenvalue weighted by atomic mass is 16.5. The molecule has 0 radical (unpaired) electrons. The van der Waals surface area contributed by atoms with E-state index in [1.807, 2.05) is 48.5 Å². The summed E-state index contributed by atoms with van der Waals surface area (Å²) in [6.07, 6.45) is 6.32. The Hall–Kier alpha value is -5.30. The number of para-hydroxylation sites is 2. The van der Waals surface area contributed by atoms with Crippen LogP contribution in [0.5, 0.6) is 23.0 Å².